The number of Topliss-reactive ketones (excluding diaryl/α,β-unsaturated/α-hetero) is 1. The first-order chi connectivity index (χ1) is 6.29. The van der Waals surface area contributed by atoms with Crippen molar-refractivity contribution >= 4 is 5.78 Å². The van der Waals surface area contributed by atoms with Crippen molar-refractivity contribution < 1.29 is 4.79 Å². The van der Waals surface area contributed by atoms with Crippen LogP contribution in [0.4, 0.5) is 0 Å². The van der Waals surface area contributed by atoms with Gasteiger partial charge in [0.05, 0.1) is 0 Å². The first kappa shape index (κ1) is 8.42. The first-order valence-corrected chi connectivity index (χ1v) is 4.72. The molecule has 1 aromatic rings. The van der Waals surface area contributed by atoms with Crippen molar-refractivity contribution in [2.24, 2.45) is 0 Å². The topological polar surface area (TPSA) is 30.0 Å². The lowest BCUT2D eigenvalue weighted by Crippen LogP contribution is -2.06. The van der Waals surface area contributed by atoms with Crippen molar-refractivity contribution in [1.29, 1.82) is 0 Å². The van der Waals surface area contributed by atoms with Crippen LogP contribution in [-0.2, 0) is 4.79 Å². The molecule has 13 heavy (non-hydrogen) atoms. The fourth-order valence-corrected chi connectivity index (χ4v) is 1.99. The highest BCUT2D eigenvalue weighted by Crippen LogP contribution is 2.32. The lowest BCUT2D eigenvalue weighted by molar-refractivity contribution is -0.118. The fraction of sp³-hybridized carbons (Fsp3) is 0.455. The minimum Gasteiger partial charge on any atom is -0.299 e. The normalized spacial score (nSPS) is 22.2. The van der Waals surface area contributed by atoms with Crippen LogP contribution in [0.1, 0.15) is 36.3 Å². The molecule has 0 amide bonds. The van der Waals surface area contributed by atoms with Crippen LogP contribution in [0, 0.1) is 6.92 Å². The van der Waals surface area contributed by atoms with Gasteiger partial charge in [-0.1, -0.05) is 0 Å². The van der Waals surface area contributed by atoms with Crippen molar-refractivity contribution in [3.8, 4) is 0 Å². The molecule has 68 valence electrons. The third kappa shape index (κ3) is 1.48. The summed E-state index contributed by atoms with van der Waals surface area (Å²) in [4.78, 5) is 15.6. The van der Waals surface area contributed by atoms with E-state index in [2.05, 4.69) is 4.98 Å². The zero-order valence-corrected chi connectivity index (χ0v) is 7.79. The summed E-state index contributed by atoms with van der Waals surface area (Å²) in [5.41, 5.74) is 2.32. The Morgan fingerprint density at radius 3 is 3.00 bits per heavy atom. The number of aromatic nitrogens is 1. The number of hydrogen-bond donors (Lipinski definition) is 0. The van der Waals surface area contributed by atoms with Gasteiger partial charge in [0.2, 0.25) is 0 Å². The minimum absolute atomic E-state index is 0.133. The van der Waals surface area contributed by atoms with Crippen LogP contribution >= 0.6 is 0 Å². The van der Waals surface area contributed by atoms with E-state index in [1.165, 1.54) is 5.56 Å². The van der Waals surface area contributed by atoms with Gasteiger partial charge in [0.15, 0.2) is 0 Å². The largest absolute Gasteiger partial charge is 0.299 e. The van der Waals surface area contributed by atoms with Gasteiger partial charge < -0.3 is 0 Å². The summed E-state index contributed by atoms with van der Waals surface area (Å²) in [6.07, 6.45) is 6.41. The average molecular weight is 175 g/mol. The molecule has 1 aromatic heterocycles. The summed E-state index contributed by atoms with van der Waals surface area (Å²) < 4.78 is 0. The third-order valence-corrected chi connectivity index (χ3v) is 2.76. The Balaban J connectivity index is 2.34. The number of hydrogen-bond acceptors (Lipinski definition) is 2. The van der Waals surface area contributed by atoms with E-state index in [0.29, 0.717) is 5.78 Å². The number of carbonyl (C=O) groups excluding carboxylic acids is 1. The SMILES string of the molecule is Cc1ccncc1C1CCCC1=O. The lowest BCUT2D eigenvalue weighted by Gasteiger charge is -2.10. The molecule has 1 saturated carbocycles. The van der Waals surface area contributed by atoms with Crippen molar-refractivity contribution in [1.82, 2.24) is 4.98 Å². The molecule has 1 heterocycles. The Kier molecular flexibility index (Phi) is 2.13. The zero-order chi connectivity index (χ0) is 9.26. The van der Waals surface area contributed by atoms with Crippen LogP contribution in [-0.4, -0.2) is 10.8 Å². The molecular formula is C11H13NO. The first-order valence-electron chi connectivity index (χ1n) is 4.72. The molecule has 0 aromatic carbocycles. The molecule has 1 unspecified atom stereocenters. The maximum atomic E-state index is 11.5. The van der Waals surface area contributed by atoms with E-state index >= 15 is 0 Å². The minimum atomic E-state index is 0.133. The molecular weight excluding hydrogens is 162 g/mol. The van der Waals surface area contributed by atoms with Crippen molar-refractivity contribution in [2.75, 3.05) is 0 Å². The predicted octanol–water partition coefficient (Wildman–Crippen LogP) is 2.23. The van der Waals surface area contributed by atoms with Gasteiger partial charge in [-0.3, -0.25) is 9.78 Å². The van der Waals surface area contributed by atoms with E-state index in [9.17, 15) is 4.79 Å². The maximum absolute atomic E-state index is 11.5. The van der Waals surface area contributed by atoms with Gasteiger partial charge in [-0.05, 0) is 37.0 Å². The zero-order valence-electron chi connectivity index (χ0n) is 7.79. The lowest BCUT2D eigenvalue weighted by atomic mass is 9.95. The third-order valence-electron chi connectivity index (χ3n) is 2.76. The van der Waals surface area contributed by atoms with Crippen LogP contribution < -0.4 is 0 Å². The van der Waals surface area contributed by atoms with Crippen LogP contribution in [0.3, 0.4) is 0 Å². The smallest absolute Gasteiger partial charge is 0.140 e. The van der Waals surface area contributed by atoms with Crippen molar-refractivity contribution in [3.05, 3.63) is 29.6 Å². The summed E-state index contributed by atoms with van der Waals surface area (Å²) in [5, 5.41) is 0. The second kappa shape index (κ2) is 3.29. The molecule has 2 nitrogen and oxygen atoms in total. The molecule has 1 aliphatic rings. The summed E-state index contributed by atoms with van der Waals surface area (Å²) in [7, 11) is 0. The van der Waals surface area contributed by atoms with Gasteiger partial charge in [-0.15, -0.1) is 0 Å². The Morgan fingerprint density at radius 2 is 2.38 bits per heavy atom. The molecule has 2 heteroatoms. The molecule has 1 fully saturated rings. The van der Waals surface area contributed by atoms with Crippen molar-refractivity contribution in [3.63, 3.8) is 0 Å². The van der Waals surface area contributed by atoms with Crippen molar-refractivity contribution in [2.45, 2.75) is 32.1 Å². The maximum Gasteiger partial charge on any atom is 0.140 e. The monoisotopic (exact) mass is 175 g/mol. The van der Waals surface area contributed by atoms with Gasteiger partial charge in [0.1, 0.15) is 5.78 Å². The Bertz CT molecular complexity index is 333. The second-order valence-corrected chi connectivity index (χ2v) is 3.64. The van der Waals surface area contributed by atoms with Gasteiger partial charge >= 0.3 is 0 Å². The van der Waals surface area contributed by atoms with E-state index in [4.69, 9.17) is 0 Å². The fourth-order valence-electron chi connectivity index (χ4n) is 1.99. The molecule has 0 aliphatic heterocycles. The Labute approximate surface area is 78.0 Å². The van der Waals surface area contributed by atoms with E-state index < -0.39 is 0 Å². The molecule has 2 rings (SSSR count). The molecule has 0 saturated heterocycles. The number of rotatable bonds is 1. The molecule has 1 aliphatic carbocycles. The number of pyridine rings is 1. The van der Waals surface area contributed by atoms with E-state index in [-0.39, 0.29) is 5.92 Å². The van der Waals surface area contributed by atoms with Gasteiger partial charge in [-0.25, -0.2) is 0 Å². The summed E-state index contributed by atoms with van der Waals surface area (Å²) >= 11 is 0. The molecule has 0 bridgehead atoms. The number of nitrogens with zero attached hydrogens (tertiary/aromatic N) is 1. The number of ketones is 1. The average Bonchev–Trinajstić information content (AvgIpc) is 2.52. The predicted molar refractivity (Wildman–Crippen MR) is 50.6 cm³/mol. The quantitative estimate of drug-likeness (QED) is 0.655. The van der Waals surface area contributed by atoms with Crippen LogP contribution in [0.2, 0.25) is 0 Å². The number of aryl methyl sites for hydroxylation is 1. The van der Waals surface area contributed by atoms with Crippen LogP contribution in [0.25, 0.3) is 0 Å². The molecule has 0 radical (unpaired) electrons. The Hall–Kier alpha value is -1.18. The highest BCUT2D eigenvalue weighted by molar-refractivity contribution is 5.87. The van der Waals surface area contributed by atoms with Crippen LogP contribution in [0.15, 0.2) is 18.5 Å². The molecule has 0 spiro atoms. The van der Waals surface area contributed by atoms with E-state index in [0.717, 1.165) is 24.8 Å². The summed E-state index contributed by atoms with van der Waals surface area (Å²) in [5.74, 6) is 0.518. The second-order valence-electron chi connectivity index (χ2n) is 3.64. The van der Waals surface area contributed by atoms with Gasteiger partial charge in [-0.2, -0.15) is 0 Å². The highest BCUT2D eigenvalue weighted by atomic mass is 16.1. The number of carbonyl (C=O) groups is 1. The van der Waals surface area contributed by atoms with E-state index in [1.54, 1.807) is 6.20 Å². The molecule has 0 N–H and O–H groups in total. The Morgan fingerprint density at radius 1 is 1.54 bits per heavy atom. The van der Waals surface area contributed by atoms with Gasteiger partial charge in [0, 0.05) is 24.7 Å². The van der Waals surface area contributed by atoms with Gasteiger partial charge in [0.25, 0.3) is 0 Å². The summed E-state index contributed by atoms with van der Waals surface area (Å²) in [6.45, 7) is 2.04. The summed E-state index contributed by atoms with van der Waals surface area (Å²) in [6, 6.07) is 1.97. The standard InChI is InChI=1S/C11H13NO/c1-8-5-6-12-7-10(8)9-3-2-4-11(9)13/h5-7,9H,2-4H2,1H3. The van der Waals surface area contributed by atoms with Crippen LogP contribution in [0.5, 0.6) is 0 Å². The van der Waals surface area contributed by atoms with E-state index in [1.807, 2.05) is 19.2 Å². The molecule has 1 atom stereocenters. The highest BCUT2D eigenvalue weighted by Gasteiger charge is 2.26.